The SMILES string of the molecule is O=C=NC1COCCN1S(=O)(=O)c1cc(Cl)ccc1Cl. The maximum absolute atomic E-state index is 12.6. The highest BCUT2D eigenvalue weighted by Crippen LogP contribution is 2.29. The van der Waals surface area contributed by atoms with E-state index in [0.29, 0.717) is 0 Å². The van der Waals surface area contributed by atoms with Gasteiger partial charge in [0.2, 0.25) is 16.1 Å². The van der Waals surface area contributed by atoms with Crippen LogP contribution in [-0.2, 0) is 19.6 Å². The molecule has 2 rings (SSSR count). The lowest BCUT2D eigenvalue weighted by atomic mass is 10.4. The first kappa shape index (κ1) is 15.4. The molecule has 1 saturated heterocycles. The Morgan fingerprint density at radius 3 is 2.85 bits per heavy atom. The van der Waals surface area contributed by atoms with Crippen LogP contribution in [0.5, 0.6) is 0 Å². The lowest BCUT2D eigenvalue weighted by molar-refractivity contribution is 0.0359. The van der Waals surface area contributed by atoms with E-state index in [1.165, 1.54) is 24.3 Å². The van der Waals surface area contributed by atoms with Crippen LogP contribution in [0, 0.1) is 0 Å². The molecule has 1 unspecified atom stereocenters. The molecule has 1 heterocycles. The number of halogens is 2. The zero-order valence-corrected chi connectivity index (χ0v) is 12.5. The lowest BCUT2D eigenvalue weighted by Crippen LogP contribution is -2.47. The molecule has 108 valence electrons. The molecule has 1 atom stereocenters. The summed E-state index contributed by atoms with van der Waals surface area (Å²) in [5.74, 6) is 0. The number of nitrogens with zero attached hydrogens (tertiary/aromatic N) is 2. The van der Waals surface area contributed by atoms with Crippen LogP contribution < -0.4 is 0 Å². The predicted octanol–water partition coefficient (Wildman–Crippen LogP) is 1.68. The van der Waals surface area contributed by atoms with Gasteiger partial charge in [-0.1, -0.05) is 23.2 Å². The fourth-order valence-electron chi connectivity index (χ4n) is 1.82. The minimum atomic E-state index is -3.92. The molecule has 1 aliphatic heterocycles. The van der Waals surface area contributed by atoms with E-state index in [9.17, 15) is 13.2 Å². The molecule has 6 nitrogen and oxygen atoms in total. The second-order valence-corrected chi connectivity index (χ2v) is 6.67. The van der Waals surface area contributed by atoms with Gasteiger partial charge in [0.1, 0.15) is 4.90 Å². The van der Waals surface area contributed by atoms with Crippen molar-refractivity contribution >= 4 is 39.3 Å². The summed E-state index contributed by atoms with van der Waals surface area (Å²) in [5.41, 5.74) is 0. The number of aliphatic imine (C=N–C) groups is 1. The molecule has 1 aromatic carbocycles. The van der Waals surface area contributed by atoms with Crippen LogP contribution in [-0.4, -0.2) is 44.7 Å². The van der Waals surface area contributed by atoms with Crippen LogP contribution in [0.2, 0.25) is 10.0 Å². The fraction of sp³-hybridized carbons (Fsp3) is 0.364. The zero-order valence-electron chi connectivity index (χ0n) is 10.1. The number of sulfonamides is 1. The predicted molar refractivity (Wildman–Crippen MR) is 73.1 cm³/mol. The van der Waals surface area contributed by atoms with Crippen molar-refractivity contribution in [2.75, 3.05) is 19.8 Å². The molecule has 0 aliphatic carbocycles. The quantitative estimate of drug-likeness (QED) is 0.621. The van der Waals surface area contributed by atoms with E-state index >= 15 is 0 Å². The van der Waals surface area contributed by atoms with Crippen molar-refractivity contribution < 1.29 is 17.9 Å². The summed E-state index contributed by atoms with van der Waals surface area (Å²) >= 11 is 11.7. The monoisotopic (exact) mass is 336 g/mol. The second kappa shape index (κ2) is 6.22. The molecular weight excluding hydrogens is 327 g/mol. The molecule has 0 spiro atoms. The van der Waals surface area contributed by atoms with Gasteiger partial charge < -0.3 is 4.74 Å². The van der Waals surface area contributed by atoms with Gasteiger partial charge in [-0.2, -0.15) is 9.30 Å². The van der Waals surface area contributed by atoms with Crippen molar-refractivity contribution in [2.45, 2.75) is 11.1 Å². The van der Waals surface area contributed by atoms with Crippen LogP contribution in [0.3, 0.4) is 0 Å². The van der Waals surface area contributed by atoms with Crippen LogP contribution in [0.25, 0.3) is 0 Å². The molecule has 1 aromatic rings. The third-order valence-corrected chi connectivity index (χ3v) is 5.35. The van der Waals surface area contributed by atoms with Crippen LogP contribution in [0.4, 0.5) is 0 Å². The van der Waals surface area contributed by atoms with Crippen molar-refractivity contribution in [1.82, 2.24) is 4.31 Å². The van der Waals surface area contributed by atoms with Crippen LogP contribution in [0.15, 0.2) is 28.1 Å². The van der Waals surface area contributed by atoms with Gasteiger partial charge in [-0.05, 0) is 18.2 Å². The zero-order chi connectivity index (χ0) is 14.8. The van der Waals surface area contributed by atoms with E-state index in [1.54, 1.807) is 0 Å². The first-order valence-corrected chi connectivity index (χ1v) is 7.78. The number of isocyanates is 1. The van der Waals surface area contributed by atoms with E-state index in [-0.39, 0.29) is 34.7 Å². The Labute approximate surface area is 126 Å². The highest BCUT2D eigenvalue weighted by atomic mass is 35.5. The minimum Gasteiger partial charge on any atom is -0.376 e. The summed E-state index contributed by atoms with van der Waals surface area (Å²) in [6.07, 6.45) is 0.404. The fourth-order valence-corrected chi connectivity index (χ4v) is 4.05. The minimum absolute atomic E-state index is 0.00729. The first-order valence-electron chi connectivity index (χ1n) is 5.58. The Morgan fingerprint density at radius 2 is 2.15 bits per heavy atom. The first-order chi connectivity index (χ1) is 9.46. The highest BCUT2D eigenvalue weighted by Gasteiger charge is 2.35. The Hall–Kier alpha value is -0.950. The molecule has 0 radical (unpaired) electrons. The molecule has 20 heavy (non-hydrogen) atoms. The smallest absolute Gasteiger partial charge is 0.246 e. The average Bonchev–Trinajstić information content (AvgIpc) is 2.42. The Kier molecular flexibility index (Phi) is 4.80. The third kappa shape index (κ3) is 3.03. The van der Waals surface area contributed by atoms with Crippen molar-refractivity contribution in [2.24, 2.45) is 4.99 Å². The molecule has 1 aliphatic rings. The van der Waals surface area contributed by atoms with Crippen molar-refractivity contribution in [3.05, 3.63) is 28.2 Å². The normalized spacial score (nSPS) is 20.4. The molecular formula is C11H10Cl2N2O4S. The molecule has 0 saturated carbocycles. The summed E-state index contributed by atoms with van der Waals surface area (Å²) < 4.78 is 31.3. The average molecular weight is 337 g/mol. The number of ether oxygens (including phenoxy) is 1. The summed E-state index contributed by atoms with van der Waals surface area (Å²) in [6, 6.07) is 4.15. The molecule has 1 fully saturated rings. The number of hydrogen-bond donors (Lipinski definition) is 0. The lowest BCUT2D eigenvalue weighted by Gasteiger charge is -2.31. The molecule has 0 aromatic heterocycles. The summed E-state index contributed by atoms with van der Waals surface area (Å²) in [6.45, 7) is 0.274. The van der Waals surface area contributed by atoms with Gasteiger partial charge in [-0.3, -0.25) is 0 Å². The van der Waals surface area contributed by atoms with Crippen molar-refractivity contribution in [1.29, 1.82) is 0 Å². The maximum Gasteiger partial charge on any atom is 0.246 e. The van der Waals surface area contributed by atoms with E-state index in [4.69, 9.17) is 27.9 Å². The highest BCUT2D eigenvalue weighted by molar-refractivity contribution is 7.89. The largest absolute Gasteiger partial charge is 0.376 e. The maximum atomic E-state index is 12.6. The topological polar surface area (TPSA) is 76.0 Å². The van der Waals surface area contributed by atoms with Crippen molar-refractivity contribution in [3.8, 4) is 0 Å². The Morgan fingerprint density at radius 1 is 1.40 bits per heavy atom. The van der Waals surface area contributed by atoms with Gasteiger partial charge in [0.25, 0.3) is 0 Å². The van der Waals surface area contributed by atoms with Crippen LogP contribution in [0.1, 0.15) is 0 Å². The van der Waals surface area contributed by atoms with Crippen molar-refractivity contribution in [3.63, 3.8) is 0 Å². The van der Waals surface area contributed by atoms with Gasteiger partial charge in [0.15, 0.2) is 6.17 Å². The van der Waals surface area contributed by atoms with Gasteiger partial charge in [0, 0.05) is 11.6 Å². The van der Waals surface area contributed by atoms with Gasteiger partial charge in [0.05, 0.1) is 18.2 Å². The number of morpholine rings is 1. The Balaban J connectivity index is 2.47. The van der Waals surface area contributed by atoms with E-state index in [0.717, 1.165) is 4.31 Å². The number of carbonyl (C=O) groups excluding carboxylic acids is 1. The number of benzene rings is 1. The summed E-state index contributed by atoms with van der Waals surface area (Å²) in [5, 5.41) is 0.298. The standard InChI is InChI=1S/C11H10Cl2N2O4S/c12-8-1-2-9(13)10(5-8)20(17,18)15-3-4-19-6-11(15)14-7-16/h1-2,5,11H,3-4,6H2. The van der Waals surface area contributed by atoms with Crippen LogP contribution >= 0.6 is 23.2 Å². The van der Waals surface area contributed by atoms with Gasteiger partial charge in [-0.25, -0.2) is 13.2 Å². The van der Waals surface area contributed by atoms with E-state index in [1.807, 2.05) is 0 Å². The third-order valence-electron chi connectivity index (χ3n) is 2.74. The number of rotatable bonds is 3. The second-order valence-electron chi connectivity index (χ2n) is 3.97. The van der Waals surface area contributed by atoms with E-state index in [2.05, 4.69) is 4.99 Å². The number of hydrogen-bond acceptors (Lipinski definition) is 5. The molecule has 9 heteroatoms. The summed E-state index contributed by atoms with van der Waals surface area (Å²) in [4.78, 5) is 13.7. The molecule has 0 N–H and O–H groups in total. The molecule has 0 amide bonds. The van der Waals surface area contributed by atoms with Gasteiger partial charge in [-0.15, -0.1) is 0 Å². The Bertz CT molecular complexity index is 658. The van der Waals surface area contributed by atoms with E-state index < -0.39 is 16.2 Å². The summed E-state index contributed by atoms with van der Waals surface area (Å²) in [7, 11) is -3.92. The van der Waals surface area contributed by atoms with Gasteiger partial charge >= 0.3 is 0 Å². The molecule has 0 bridgehead atoms.